The van der Waals surface area contributed by atoms with Crippen LogP contribution in [-0.4, -0.2) is 53.0 Å². The van der Waals surface area contributed by atoms with Gasteiger partial charge in [0.2, 0.25) is 5.28 Å². The highest BCUT2D eigenvalue weighted by atomic mass is 79.9. The summed E-state index contributed by atoms with van der Waals surface area (Å²) in [5, 5.41) is 10.4. The smallest absolute Gasteiger partial charge is 0.376 e. The van der Waals surface area contributed by atoms with Crippen molar-refractivity contribution < 1.29 is 9.41 Å². The predicted molar refractivity (Wildman–Crippen MR) is 94.8 cm³/mol. The number of anilines is 1. The van der Waals surface area contributed by atoms with Gasteiger partial charge in [0.1, 0.15) is 11.3 Å². The van der Waals surface area contributed by atoms with Gasteiger partial charge in [-0.25, -0.2) is 9.37 Å². The molecule has 0 spiro atoms. The SMILES string of the molecule is CB(O)N1CCN(c2nc(Cl)nc3c(F)c(Br)c(Cl)cc23)CC1. The van der Waals surface area contributed by atoms with Gasteiger partial charge in [-0.2, -0.15) is 4.98 Å². The van der Waals surface area contributed by atoms with Crippen LogP contribution in [0.25, 0.3) is 10.9 Å². The number of nitrogens with zero attached hydrogens (tertiary/aromatic N) is 4. The second-order valence-electron chi connectivity index (χ2n) is 5.35. The van der Waals surface area contributed by atoms with E-state index in [1.54, 1.807) is 12.9 Å². The van der Waals surface area contributed by atoms with Crippen molar-refractivity contribution in [2.24, 2.45) is 0 Å². The highest BCUT2D eigenvalue weighted by Gasteiger charge is 2.26. The first-order chi connectivity index (χ1) is 10.9. The number of halogens is 4. The van der Waals surface area contributed by atoms with Crippen LogP contribution in [0.3, 0.4) is 0 Å². The Bertz CT molecular complexity index is 759. The van der Waals surface area contributed by atoms with E-state index in [4.69, 9.17) is 23.2 Å². The third kappa shape index (κ3) is 3.28. The number of hydrogen-bond acceptors (Lipinski definition) is 5. The molecule has 0 bridgehead atoms. The molecule has 122 valence electrons. The van der Waals surface area contributed by atoms with Gasteiger partial charge in [0.15, 0.2) is 5.82 Å². The summed E-state index contributed by atoms with van der Waals surface area (Å²) in [5.74, 6) is -0.000732. The van der Waals surface area contributed by atoms with E-state index in [0.29, 0.717) is 37.4 Å². The van der Waals surface area contributed by atoms with Crippen LogP contribution in [0, 0.1) is 5.82 Å². The number of piperazine rings is 1. The fourth-order valence-electron chi connectivity index (χ4n) is 2.68. The summed E-state index contributed by atoms with van der Waals surface area (Å²) < 4.78 is 14.6. The molecular formula is C13H13BBrCl2FN4O. The quantitative estimate of drug-likeness (QED) is 0.459. The monoisotopic (exact) mass is 420 g/mol. The minimum absolute atomic E-state index is 0.0152. The second kappa shape index (κ2) is 6.68. The molecule has 0 aliphatic carbocycles. The second-order valence-corrected chi connectivity index (χ2v) is 6.89. The fraction of sp³-hybridized carbons (Fsp3) is 0.385. The van der Waals surface area contributed by atoms with Crippen molar-refractivity contribution in [1.29, 1.82) is 0 Å². The maximum absolute atomic E-state index is 14.4. The van der Waals surface area contributed by atoms with Crippen LogP contribution in [0.5, 0.6) is 0 Å². The van der Waals surface area contributed by atoms with Crippen molar-refractivity contribution in [2.75, 3.05) is 31.1 Å². The van der Waals surface area contributed by atoms with Crippen LogP contribution in [0.1, 0.15) is 0 Å². The topological polar surface area (TPSA) is 52.5 Å². The lowest BCUT2D eigenvalue weighted by Crippen LogP contribution is -2.51. The maximum atomic E-state index is 14.4. The van der Waals surface area contributed by atoms with Gasteiger partial charge in [-0.3, -0.25) is 0 Å². The Morgan fingerprint density at radius 2 is 1.91 bits per heavy atom. The summed E-state index contributed by atoms with van der Waals surface area (Å²) in [5.41, 5.74) is 0.134. The van der Waals surface area contributed by atoms with Crippen molar-refractivity contribution in [2.45, 2.75) is 6.82 Å². The van der Waals surface area contributed by atoms with E-state index in [1.165, 1.54) is 0 Å². The molecule has 1 fully saturated rings. The van der Waals surface area contributed by atoms with Crippen molar-refractivity contribution >= 4 is 62.9 Å². The average Bonchev–Trinajstić information content (AvgIpc) is 2.53. The molecule has 23 heavy (non-hydrogen) atoms. The molecule has 2 aromatic rings. The minimum Gasteiger partial charge on any atom is -0.437 e. The van der Waals surface area contributed by atoms with Crippen LogP contribution in [0.4, 0.5) is 10.2 Å². The fourth-order valence-corrected chi connectivity index (χ4v) is 3.34. The molecule has 0 atom stereocenters. The third-order valence-electron chi connectivity index (χ3n) is 3.92. The summed E-state index contributed by atoms with van der Waals surface area (Å²) in [6, 6.07) is 1.64. The Kier molecular flexibility index (Phi) is 4.99. The molecule has 10 heteroatoms. The first kappa shape index (κ1) is 17.2. The molecule has 0 saturated carbocycles. The maximum Gasteiger partial charge on any atom is 0.376 e. The summed E-state index contributed by atoms with van der Waals surface area (Å²) in [7, 11) is -0.495. The van der Waals surface area contributed by atoms with E-state index < -0.39 is 12.9 Å². The Morgan fingerprint density at radius 1 is 1.26 bits per heavy atom. The molecule has 1 N–H and O–H groups in total. The van der Waals surface area contributed by atoms with Crippen molar-refractivity contribution in [1.82, 2.24) is 14.8 Å². The zero-order valence-electron chi connectivity index (χ0n) is 12.2. The van der Waals surface area contributed by atoms with Crippen LogP contribution >= 0.6 is 39.1 Å². The summed E-state index contributed by atoms with van der Waals surface area (Å²) in [4.78, 5) is 12.2. The average molecular weight is 422 g/mol. The van der Waals surface area contributed by atoms with E-state index in [-0.39, 0.29) is 20.3 Å². The first-order valence-corrected chi connectivity index (χ1v) is 8.61. The summed E-state index contributed by atoms with van der Waals surface area (Å²) >= 11 is 15.2. The standard InChI is InChI=1S/C13H13BBrCl2FN4O/c1-14(23)22-4-2-21(3-5-22)12-7-6-8(16)9(15)10(18)11(7)19-13(17)20-12/h6,23H,2-5H2,1H3. The van der Waals surface area contributed by atoms with Crippen LogP contribution in [0.15, 0.2) is 10.5 Å². The van der Waals surface area contributed by atoms with Gasteiger partial charge >= 0.3 is 7.05 Å². The molecule has 1 aliphatic rings. The van der Waals surface area contributed by atoms with Gasteiger partial charge in [0.25, 0.3) is 0 Å². The van der Waals surface area contributed by atoms with Gasteiger partial charge in [-0.15, -0.1) is 0 Å². The number of benzene rings is 1. The number of hydrogen-bond donors (Lipinski definition) is 1. The Balaban J connectivity index is 2.04. The molecule has 1 saturated heterocycles. The molecule has 2 heterocycles. The van der Waals surface area contributed by atoms with Gasteiger partial charge in [0, 0.05) is 31.6 Å². The van der Waals surface area contributed by atoms with Crippen LogP contribution in [-0.2, 0) is 0 Å². The highest BCUT2D eigenvalue weighted by Crippen LogP contribution is 2.35. The number of fused-ring (bicyclic) bond motifs is 1. The van der Waals surface area contributed by atoms with E-state index in [1.807, 2.05) is 9.71 Å². The summed E-state index contributed by atoms with van der Waals surface area (Å²) in [6.45, 7) is 4.37. The molecule has 1 aromatic carbocycles. The molecule has 5 nitrogen and oxygen atoms in total. The lowest BCUT2D eigenvalue weighted by Gasteiger charge is -2.36. The van der Waals surface area contributed by atoms with E-state index in [9.17, 15) is 9.41 Å². The Morgan fingerprint density at radius 3 is 2.52 bits per heavy atom. The van der Waals surface area contributed by atoms with Gasteiger partial charge in [0.05, 0.1) is 9.50 Å². The first-order valence-electron chi connectivity index (χ1n) is 7.06. The zero-order chi connectivity index (χ0) is 16.7. The third-order valence-corrected chi connectivity index (χ3v) is 5.39. The minimum atomic E-state index is -0.555. The number of rotatable bonds is 2. The Labute approximate surface area is 151 Å². The van der Waals surface area contributed by atoms with Crippen molar-refractivity contribution in [3.63, 3.8) is 0 Å². The molecule has 0 radical (unpaired) electrons. The van der Waals surface area contributed by atoms with E-state index in [0.717, 1.165) is 0 Å². The lowest BCUT2D eigenvalue weighted by molar-refractivity contribution is 0.344. The molecule has 1 aromatic heterocycles. The molecule has 3 rings (SSSR count). The van der Waals surface area contributed by atoms with E-state index >= 15 is 0 Å². The Hall–Kier alpha value is -0.665. The van der Waals surface area contributed by atoms with Crippen LogP contribution < -0.4 is 4.90 Å². The van der Waals surface area contributed by atoms with Crippen molar-refractivity contribution in [3.05, 3.63) is 26.7 Å². The molecule has 0 unspecified atom stereocenters. The highest BCUT2D eigenvalue weighted by molar-refractivity contribution is 9.10. The van der Waals surface area contributed by atoms with Gasteiger partial charge < -0.3 is 14.7 Å². The van der Waals surface area contributed by atoms with Gasteiger partial charge in [-0.1, -0.05) is 11.6 Å². The van der Waals surface area contributed by atoms with E-state index in [2.05, 4.69) is 25.9 Å². The normalized spacial score (nSPS) is 16.2. The largest absolute Gasteiger partial charge is 0.437 e. The molecular weight excluding hydrogens is 409 g/mol. The summed E-state index contributed by atoms with van der Waals surface area (Å²) in [6.07, 6.45) is 0. The van der Waals surface area contributed by atoms with Crippen molar-refractivity contribution in [3.8, 4) is 0 Å². The number of aromatic nitrogens is 2. The van der Waals surface area contributed by atoms with Gasteiger partial charge in [-0.05, 0) is 40.4 Å². The van der Waals surface area contributed by atoms with Crippen LogP contribution in [0.2, 0.25) is 17.1 Å². The lowest BCUT2D eigenvalue weighted by atomic mass is 9.84. The zero-order valence-corrected chi connectivity index (χ0v) is 15.3. The molecule has 1 aliphatic heterocycles. The molecule has 0 amide bonds. The predicted octanol–water partition coefficient (Wildman–Crippen LogP) is 3.07.